The fraction of sp³-hybridized carbons (Fsp3) is 0.556. The van der Waals surface area contributed by atoms with E-state index < -0.39 is 36.1 Å². The van der Waals surface area contributed by atoms with Crippen molar-refractivity contribution in [1.29, 1.82) is 0 Å². The second kappa shape index (κ2) is 10.4. The second-order valence-electron chi connectivity index (χ2n) is 11.1. The minimum Gasteiger partial charge on any atom is -0.481 e. The van der Waals surface area contributed by atoms with Crippen LogP contribution in [0.15, 0.2) is 29.3 Å². The molecule has 4 heterocycles. The summed E-state index contributed by atoms with van der Waals surface area (Å²) >= 11 is 0. The highest BCUT2D eigenvalue weighted by Crippen LogP contribution is 2.55. The van der Waals surface area contributed by atoms with Gasteiger partial charge >= 0.3 is 11.7 Å². The molecule has 222 valence electrons. The number of alkyl halides is 5. The molecule has 0 bridgehead atoms. The number of amides is 1. The van der Waals surface area contributed by atoms with Gasteiger partial charge in [-0.15, -0.1) is 0 Å². The summed E-state index contributed by atoms with van der Waals surface area (Å²) in [6.07, 6.45) is 2.03. The molecule has 3 aromatic heterocycles. The van der Waals surface area contributed by atoms with Crippen LogP contribution in [0.4, 0.5) is 27.8 Å². The Morgan fingerprint density at radius 3 is 2.51 bits per heavy atom. The molecule has 0 aromatic carbocycles. The lowest BCUT2D eigenvalue weighted by atomic mass is 9.61. The molecule has 3 aromatic rings. The molecule has 1 saturated heterocycles. The van der Waals surface area contributed by atoms with Crippen molar-refractivity contribution in [3.05, 3.63) is 34.9 Å². The lowest BCUT2D eigenvalue weighted by Gasteiger charge is -2.50. The summed E-state index contributed by atoms with van der Waals surface area (Å²) in [4.78, 5) is 28.9. The maximum Gasteiger partial charge on any atom is 0.410 e. The van der Waals surface area contributed by atoms with Gasteiger partial charge in [0.25, 0.3) is 5.92 Å². The minimum atomic E-state index is -4.85. The monoisotopic (exact) mass is 583 g/mol. The van der Waals surface area contributed by atoms with Gasteiger partial charge in [0, 0.05) is 56.3 Å². The van der Waals surface area contributed by atoms with Crippen LogP contribution in [0.3, 0.4) is 0 Å². The Hall–Kier alpha value is -3.55. The Bertz CT molecular complexity index is 1510. The Kier molecular flexibility index (Phi) is 7.33. The maximum absolute atomic E-state index is 13.7. The van der Waals surface area contributed by atoms with Crippen LogP contribution in [0.1, 0.15) is 58.5 Å². The van der Waals surface area contributed by atoms with Crippen LogP contribution in [0.25, 0.3) is 22.2 Å². The lowest BCUT2D eigenvalue weighted by Crippen LogP contribution is -2.42. The van der Waals surface area contributed by atoms with Crippen LogP contribution in [0.5, 0.6) is 5.75 Å². The van der Waals surface area contributed by atoms with Gasteiger partial charge in [-0.3, -0.25) is 9.59 Å². The van der Waals surface area contributed by atoms with E-state index in [-0.39, 0.29) is 33.6 Å². The number of hydrogen-bond donors (Lipinski definition) is 1. The van der Waals surface area contributed by atoms with E-state index in [9.17, 15) is 31.5 Å². The summed E-state index contributed by atoms with van der Waals surface area (Å²) in [6.45, 7) is 2.80. The normalized spacial score (nSPS) is 18.3. The summed E-state index contributed by atoms with van der Waals surface area (Å²) in [5.74, 6) is -4.19. The number of rotatable bonds is 7. The molecule has 41 heavy (non-hydrogen) atoms. The van der Waals surface area contributed by atoms with Gasteiger partial charge in [0.2, 0.25) is 5.91 Å². The molecule has 9 nitrogen and oxygen atoms in total. The zero-order chi connectivity index (χ0) is 29.7. The summed E-state index contributed by atoms with van der Waals surface area (Å²) in [7, 11) is 0. The summed E-state index contributed by atoms with van der Waals surface area (Å²) in [5, 5.41) is 7.12. The molecule has 1 N–H and O–H groups in total. The number of fused-ring (bicyclic) bond motifs is 1. The smallest absolute Gasteiger partial charge is 0.410 e. The molecular weight excluding hydrogens is 553 g/mol. The van der Waals surface area contributed by atoms with Gasteiger partial charge < -0.3 is 19.4 Å². The zero-order valence-electron chi connectivity index (χ0n) is 22.7. The van der Waals surface area contributed by atoms with Crippen molar-refractivity contribution < 1.29 is 36.2 Å². The van der Waals surface area contributed by atoms with E-state index in [1.54, 1.807) is 18.5 Å². The van der Waals surface area contributed by atoms with Gasteiger partial charge in [-0.05, 0) is 44.1 Å². The number of halogens is 5. The first-order valence-corrected chi connectivity index (χ1v) is 13.2. The molecule has 1 amide bonds. The Labute approximate surface area is 231 Å². The SMILES string of the molecule is CC(=O)Nc1cc2c(-c3cc(OCC(C)(F)F)c(=O)n([C@@H](C)C(F)(F)F)n3)cn(C3CC4(CCOCC4)C3)c2cn1. The molecule has 2 fully saturated rings. The number of aromatic nitrogens is 4. The van der Waals surface area contributed by atoms with Gasteiger partial charge in [0.1, 0.15) is 11.9 Å². The molecule has 0 unspecified atom stereocenters. The quantitative estimate of drug-likeness (QED) is 0.369. The first-order chi connectivity index (χ1) is 19.2. The number of ether oxygens (including phenoxy) is 2. The van der Waals surface area contributed by atoms with Crippen molar-refractivity contribution in [2.24, 2.45) is 5.41 Å². The molecular formula is C27H30F5N5O4. The van der Waals surface area contributed by atoms with Gasteiger partial charge in [-0.25, -0.2) is 18.4 Å². The fourth-order valence-electron chi connectivity index (χ4n) is 5.58. The van der Waals surface area contributed by atoms with E-state index >= 15 is 0 Å². The molecule has 1 atom stereocenters. The fourth-order valence-corrected chi connectivity index (χ4v) is 5.58. The molecule has 1 aliphatic heterocycles. The van der Waals surface area contributed by atoms with Crippen molar-refractivity contribution in [3.8, 4) is 17.0 Å². The first kappa shape index (κ1) is 29.0. The topological polar surface area (TPSA) is 100 Å². The Morgan fingerprint density at radius 2 is 1.90 bits per heavy atom. The number of carbonyl (C=O) groups is 1. The third-order valence-corrected chi connectivity index (χ3v) is 7.81. The molecule has 14 heteroatoms. The van der Waals surface area contributed by atoms with E-state index in [1.165, 1.54) is 6.92 Å². The van der Waals surface area contributed by atoms with Crippen molar-refractivity contribution in [3.63, 3.8) is 0 Å². The average molecular weight is 584 g/mol. The molecule has 1 saturated carbocycles. The number of nitrogens with one attached hydrogen (secondary N) is 1. The van der Waals surface area contributed by atoms with Crippen LogP contribution in [0.2, 0.25) is 0 Å². The largest absolute Gasteiger partial charge is 0.481 e. The number of pyridine rings is 1. The van der Waals surface area contributed by atoms with Crippen LogP contribution in [-0.2, 0) is 9.53 Å². The Morgan fingerprint density at radius 1 is 1.22 bits per heavy atom. The van der Waals surface area contributed by atoms with E-state index in [1.807, 2.05) is 4.57 Å². The van der Waals surface area contributed by atoms with Gasteiger partial charge in [-0.2, -0.15) is 18.3 Å². The van der Waals surface area contributed by atoms with Crippen molar-refractivity contribution in [1.82, 2.24) is 19.3 Å². The second-order valence-corrected chi connectivity index (χ2v) is 11.1. The number of carbonyl (C=O) groups excluding carboxylic acids is 1. The number of anilines is 1. The zero-order valence-corrected chi connectivity index (χ0v) is 22.7. The highest BCUT2D eigenvalue weighted by molar-refractivity contribution is 5.98. The van der Waals surface area contributed by atoms with E-state index in [2.05, 4.69) is 15.4 Å². The van der Waals surface area contributed by atoms with E-state index in [4.69, 9.17) is 9.47 Å². The third kappa shape index (κ3) is 5.92. The summed E-state index contributed by atoms with van der Waals surface area (Å²) in [6, 6.07) is 0.347. The highest BCUT2D eigenvalue weighted by atomic mass is 19.4. The third-order valence-electron chi connectivity index (χ3n) is 7.81. The number of nitrogens with zero attached hydrogens (tertiary/aromatic N) is 4. The molecule has 5 rings (SSSR count). The molecule has 0 radical (unpaired) electrons. The maximum atomic E-state index is 13.7. The van der Waals surface area contributed by atoms with E-state index in [0.29, 0.717) is 36.6 Å². The van der Waals surface area contributed by atoms with Crippen LogP contribution >= 0.6 is 0 Å². The van der Waals surface area contributed by atoms with Crippen LogP contribution in [0, 0.1) is 5.41 Å². The summed E-state index contributed by atoms with van der Waals surface area (Å²) in [5.41, 5.74) is -0.236. The van der Waals surface area contributed by atoms with E-state index in [0.717, 1.165) is 38.7 Å². The predicted octanol–water partition coefficient (Wildman–Crippen LogP) is 5.51. The molecule has 1 spiro atoms. The lowest BCUT2D eigenvalue weighted by molar-refractivity contribution is -0.166. The minimum absolute atomic E-state index is 0.0623. The first-order valence-electron chi connectivity index (χ1n) is 13.2. The average Bonchev–Trinajstić information content (AvgIpc) is 3.23. The molecule has 1 aliphatic carbocycles. The van der Waals surface area contributed by atoms with Crippen molar-refractivity contribution >= 4 is 22.6 Å². The van der Waals surface area contributed by atoms with Crippen LogP contribution < -0.4 is 15.6 Å². The van der Waals surface area contributed by atoms with Crippen molar-refractivity contribution in [2.75, 3.05) is 25.1 Å². The van der Waals surface area contributed by atoms with Gasteiger partial charge in [-0.1, -0.05) is 0 Å². The highest BCUT2D eigenvalue weighted by Gasteiger charge is 2.46. The standard InChI is InChI=1S/C27H30F5N5O4/c1-15(27(30,31)32)37-24(39)22(41-14-25(3,28)29)9-20(35-37)19-13-36(17-10-26(11-17)4-6-40-7-5-26)21-12-33-23(8-18(19)21)34-16(2)38/h8-9,12-13,15,17H,4-7,10-11,14H2,1-3H3,(H,33,34,38)/t15-/m0/s1. The summed E-state index contributed by atoms with van der Waals surface area (Å²) < 4.78 is 81.0. The van der Waals surface area contributed by atoms with Crippen LogP contribution in [-0.4, -0.2) is 57.2 Å². The van der Waals surface area contributed by atoms with Gasteiger partial charge in [0.05, 0.1) is 17.4 Å². The van der Waals surface area contributed by atoms with Gasteiger partial charge in [0.15, 0.2) is 12.4 Å². The number of hydrogen-bond acceptors (Lipinski definition) is 6. The molecule has 2 aliphatic rings. The Balaban J connectivity index is 1.65. The predicted molar refractivity (Wildman–Crippen MR) is 139 cm³/mol. The van der Waals surface area contributed by atoms with Crippen molar-refractivity contribution in [2.45, 2.75) is 70.6 Å².